The van der Waals surface area contributed by atoms with E-state index in [0.717, 1.165) is 16.8 Å². The smallest absolute Gasteiger partial charge is 0.237 e. The van der Waals surface area contributed by atoms with E-state index in [-0.39, 0.29) is 33.3 Å². The van der Waals surface area contributed by atoms with E-state index in [1.807, 2.05) is 32.0 Å². The molecular weight excluding hydrogens is 398 g/mol. The van der Waals surface area contributed by atoms with Crippen LogP contribution in [0.25, 0.3) is 0 Å². The molecule has 0 radical (unpaired) electrons. The summed E-state index contributed by atoms with van der Waals surface area (Å²) in [5.41, 5.74) is 2.84. The molecule has 0 bridgehead atoms. The number of rotatable bonds is 1. The molecule has 21 heavy (non-hydrogen) atoms. The molecule has 1 aromatic rings. The summed E-state index contributed by atoms with van der Waals surface area (Å²) in [6, 6.07) is 5.85. The summed E-state index contributed by atoms with van der Waals surface area (Å²) in [7, 11) is 0. The Bertz CT molecular complexity index is 588. The summed E-state index contributed by atoms with van der Waals surface area (Å²) in [5, 5.41) is 0. The van der Waals surface area contributed by atoms with Crippen molar-refractivity contribution >= 4 is 49.4 Å². The molecular formula is C16H17Br2NO2. The summed E-state index contributed by atoms with van der Waals surface area (Å²) >= 11 is 7.22. The predicted molar refractivity (Wildman–Crippen MR) is 90.1 cm³/mol. The van der Waals surface area contributed by atoms with Gasteiger partial charge in [-0.1, -0.05) is 49.6 Å². The fourth-order valence-corrected chi connectivity index (χ4v) is 4.63. The van der Waals surface area contributed by atoms with Crippen LogP contribution in [0.15, 0.2) is 18.2 Å². The second-order valence-electron chi connectivity index (χ2n) is 6.02. The maximum absolute atomic E-state index is 12.7. The van der Waals surface area contributed by atoms with Gasteiger partial charge in [-0.3, -0.25) is 9.59 Å². The van der Waals surface area contributed by atoms with Crippen LogP contribution in [0.5, 0.6) is 0 Å². The van der Waals surface area contributed by atoms with Crippen LogP contribution in [-0.4, -0.2) is 21.5 Å². The number of hydrogen-bond donors (Lipinski definition) is 0. The first-order chi connectivity index (χ1) is 9.90. The van der Waals surface area contributed by atoms with Gasteiger partial charge in [0.1, 0.15) is 0 Å². The summed E-state index contributed by atoms with van der Waals surface area (Å²) in [5.74, 6) is -0.450. The molecule has 1 aliphatic heterocycles. The van der Waals surface area contributed by atoms with Crippen molar-refractivity contribution in [3.8, 4) is 0 Å². The van der Waals surface area contributed by atoms with Gasteiger partial charge in [0.15, 0.2) is 0 Å². The fourth-order valence-electron chi connectivity index (χ4n) is 3.39. The third-order valence-electron chi connectivity index (χ3n) is 4.50. The summed E-state index contributed by atoms with van der Waals surface area (Å²) in [6.07, 6.45) is 1.43. The van der Waals surface area contributed by atoms with E-state index in [0.29, 0.717) is 12.8 Å². The minimum Gasteiger partial charge on any atom is -0.274 e. The van der Waals surface area contributed by atoms with Crippen LogP contribution in [0.3, 0.4) is 0 Å². The van der Waals surface area contributed by atoms with E-state index in [2.05, 4.69) is 31.9 Å². The molecule has 5 heteroatoms. The lowest BCUT2D eigenvalue weighted by atomic mass is 9.81. The van der Waals surface area contributed by atoms with Crippen molar-refractivity contribution < 1.29 is 9.59 Å². The molecule has 0 aromatic heterocycles. The van der Waals surface area contributed by atoms with Crippen molar-refractivity contribution in [2.75, 3.05) is 4.90 Å². The Kier molecular flexibility index (Phi) is 3.99. The summed E-state index contributed by atoms with van der Waals surface area (Å²) < 4.78 is 0. The molecule has 1 heterocycles. The summed E-state index contributed by atoms with van der Waals surface area (Å²) in [6.45, 7) is 3.96. The van der Waals surface area contributed by atoms with Crippen molar-refractivity contribution in [3.63, 3.8) is 0 Å². The molecule has 1 aliphatic carbocycles. The number of halogens is 2. The summed E-state index contributed by atoms with van der Waals surface area (Å²) in [4.78, 5) is 27.3. The molecule has 1 saturated heterocycles. The molecule has 3 rings (SSSR count). The van der Waals surface area contributed by atoms with Crippen molar-refractivity contribution in [1.82, 2.24) is 0 Å². The quantitative estimate of drug-likeness (QED) is 0.518. The SMILES string of the molecule is Cc1ccc(N2C(=O)[C@H]3C[C@@H](Br)[C@@H](Br)C[C@@H]3C2=O)c(C)c1. The highest BCUT2D eigenvalue weighted by atomic mass is 79.9. The number of carbonyl (C=O) groups is 2. The molecule has 4 atom stereocenters. The van der Waals surface area contributed by atoms with E-state index < -0.39 is 0 Å². The number of amides is 2. The molecule has 2 fully saturated rings. The lowest BCUT2D eigenvalue weighted by molar-refractivity contribution is -0.122. The van der Waals surface area contributed by atoms with E-state index in [1.54, 1.807) is 0 Å². The standard InChI is InChI=1S/C16H17Br2NO2/c1-8-3-4-14(9(2)5-8)19-15(20)10-6-12(17)13(18)7-11(10)16(19)21/h3-5,10-13H,6-7H2,1-2H3/t10-,11-,12-,13+/m0/s1. The minimum atomic E-state index is -0.184. The lowest BCUT2D eigenvalue weighted by Gasteiger charge is -2.29. The van der Waals surface area contributed by atoms with Gasteiger partial charge in [-0.25, -0.2) is 4.90 Å². The number of carbonyl (C=O) groups excluding carboxylic acids is 2. The van der Waals surface area contributed by atoms with Crippen molar-refractivity contribution in [2.24, 2.45) is 11.8 Å². The number of fused-ring (bicyclic) bond motifs is 1. The monoisotopic (exact) mass is 413 g/mol. The molecule has 2 amide bonds. The Hall–Kier alpha value is -0.680. The molecule has 0 spiro atoms. The number of alkyl halides is 2. The van der Waals surface area contributed by atoms with Crippen LogP contribution in [-0.2, 0) is 9.59 Å². The minimum absolute atomic E-state index is 0.0409. The van der Waals surface area contributed by atoms with Crippen LogP contribution in [0.2, 0.25) is 0 Å². The number of imide groups is 1. The molecule has 112 valence electrons. The first-order valence-electron chi connectivity index (χ1n) is 7.13. The van der Waals surface area contributed by atoms with E-state index in [9.17, 15) is 9.59 Å². The molecule has 3 nitrogen and oxygen atoms in total. The van der Waals surface area contributed by atoms with Gasteiger partial charge in [0.2, 0.25) is 11.8 Å². The number of nitrogens with zero attached hydrogens (tertiary/aromatic N) is 1. The molecule has 2 aliphatic rings. The van der Waals surface area contributed by atoms with Crippen LogP contribution in [0, 0.1) is 25.7 Å². The van der Waals surface area contributed by atoms with Crippen LogP contribution < -0.4 is 4.90 Å². The van der Waals surface area contributed by atoms with Gasteiger partial charge in [-0.15, -0.1) is 0 Å². The molecule has 1 saturated carbocycles. The van der Waals surface area contributed by atoms with Crippen molar-refractivity contribution in [1.29, 1.82) is 0 Å². The molecule has 0 unspecified atom stereocenters. The average molecular weight is 415 g/mol. The van der Waals surface area contributed by atoms with Crippen molar-refractivity contribution in [3.05, 3.63) is 29.3 Å². The van der Waals surface area contributed by atoms with Gasteiger partial charge in [-0.05, 0) is 38.3 Å². The Morgan fingerprint density at radius 3 is 2.00 bits per heavy atom. The first-order valence-corrected chi connectivity index (χ1v) is 8.96. The third-order valence-corrected chi connectivity index (χ3v) is 7.24. The largest absolute Gasteiger partial charge is 0.274 e. The van der Waals surface area contributed by atoms with Gasteiger partial charge in [0, 0.05) is 9.65 Å². The Balaban J connectivity index is 1.97. The zero-order chi connectivity index (χ0) is 15.3. The highest BCUT2D eigenvalue weighted by Crippen LogP contribution is 2.44. The second kappa shape index (κ2) is 5.51. The van der Waals surface area contributed by atoms with E-state index >= 15 is 0 Å². The van der Waals surface area contributed by atoms with Gasteiger partial charge in [-0.2, -0.15) is 0 Å². The van der Waals surface area contributed by atoms with Crippen molar-refractivity contribution in [2.45, 2.75) is 36.3 Å². The van der Waals surface area contributed by atoms with Crippen LogP contribution in [0.4, 0.5) is 5.69 Å². The topological polar surface area (TPSA) is 37.4 Å². The lowest BCUT2D eigenvalue weighted by Crippen LogP contribution is -2.34. The Morgan fingerprint density at radius 2 is 1.52 bits per heavy atom. The fraction of sp³-hybridized carbons (Fsp3) is 0.500. The Morgan fingerprint density at radius 1 is 1.00 bits per heavy atom. The highest BCUT2D eigenvalue weighted by Gasteiger charge is 2.52. The number of benzene rings is 1. The van der Waals surface area contributed by atoms with Crippen LogP contribution in [0.1, 0.15) is 24.0 Å². The zero-order valence-electron chi connectivity index (χ0n) is 12.0. The average Bonchev–Trinajstić information content (AvgIpc) is 2.64. The zero-order valence-corrected chi connectivity index (χ0v) is 15.1. The Labute approximate surface area is 141 Å². The number of anilines is 1. The van der Waals surface area contributed by atoms with E-state index in [1.165, 1.54) is 4.90 Å². The van der Waals surface area contributed by atoms with Gasteiger partial charge < -0.3 is 0 Å². The third kappa shape index (κ3) is 2.48. The first kappa shape index (κ1) is 15.2. The molecule has 1 aromatic carbocycles. The predicted octanol–water partition coefficient (Wildman–Crippen LogP) is 3.73. The number of hydrogen-bond acceptors (Lipinski definition) is 2. The van der Waals surface area contributed by atoms with Crippen LogP contribution >= 0.6 is 31.9 Å². The maximum atomic E-state index is 12.7. The van der Waals surface area contributed by atoms with Gasteiger partial charge in [0.05, 0.1) is 17.5 Å². The van der Waals surface area contributed by atoms with E-state index in [4.69, 9.17) is 0 Å². The molecule has 0 N–H and O–H groups in total. The van der Waals surface area contributed by atoms with Gasteiger partial charge in [0.25, 0.3) is 0 Å². The number of aryl methyl sites for hydroxylation is 2. The highest BCUT2D eigenvalue weighted by molar-refractivity contribution is 9.12. The second-order valence-corrected chi connectivity index (χ2v) is 8.37. The normalized spacial score (nSPS) is 32.5. The van der Waals surface area contributed by atoms with Gasteiger partial charge >= 0.3 is 0 Å². The maximum Gasteiger partial charge on any atom is 0.237 e.